The lowest BCUT2D eigenvalue weighted by Gasteiger charge is -2.21. The summed E-state index contributed by atoms with van der Waals surface area (Å²) in [5.74, 6) is -0.305. The Morgan fingerprint density at radius 2 is 1.90 bits per heavy atom. The third-order valence-corrected chi connectivity index (χ3v) is 4.97. The van der Waals surface area contributed by atoms with Gasteiger partial charge in [-0.25, -0.2) is 4.79 Å². The first-order valence-electron chi connectivity index (χ1n) is 9.85. The predicted molar refractivity (Wildman–Crippen MR) is 108 cm³/mol. The molecule has 1 aliphatic heterocycles. The smallest absolute Gasteiger partial charge is 0.404 e. The molecule has 9 heteroatoms. The van der Waals surface area contributed by atoms with E-state index < -0.39 is 12.1 Å². The van der Waals surface area contributed by atoms with Gasteiger partial charge in [0.1, 0.15) is 11.8 Å². The van der Waals surface area contributed by atoms with Crippen molar-refractivity contribution in [2.45, 2.75) is 58.2 Å². The highest BCUT2D eigenvalue weighted by Gasteiger charge is 2.27. The van der Waals surface area contributed by atoms with Crippen LogP contribution in [0.25, 0.3) is 0 Å². The number of carbonyl (C=O) groups excluding carboxylic acids is 2. The molecule has 0 radical (unpaired) electrons. The minimum absolute atomic E-state index is 0.201. The highest BCUT2D eigenvalue weighted by atomic mass is 16.4. The van der Waals surface area contributed by atoms with Crippen LogP contribution < -0.4 is 21.3 Å². The van der Waals surface area contributed by atoms with Crippen molar-refractivity contribution >= 4 is 17.9 Å². The number of benzene rings is 1. The van der Waals surface area contributed by atoms with Gasteiger partial charge in [-0.15, -0.1) is 0 Å². The molecule has 1 aromatic rings. The summed E-state index contributed by atoms with van der Waals surface area (Å²) in [6, 6.07) is 2.55. The molecule has 2 atom stereocenters. The summed E-state index contributed by atoms with van der Waals surface area (Å²) >= 11 is 0. The van der Waals surface area contributed by atoms with E-state index in [1.54, 1.807) is 26.0 Å². The molecule has 1 fully saturated rings. The lowest BCUT2D eigenvalue weighted by atomic mass is 10.1. The average Bonchev–Trinajstić information content (AvgIpc) is 3.21. The number of carbonyl (C=O) groups is 3. The second kappa shape index (κ2) is 10.7. The van der Waals surface area contributed by atoms with Gasteiger partial charge in [-0.1, -0.05) is 12.1 Å². The number of hydrogen-bond acceptors (Lipinski definition) is 5. The normalized spacial score (nSPS) is 16.8. The Morgan fingerprint density at radius 1 is 1.21 bits per heavy atom. The van der Waals surface area contributed by atoms with Crippen LogP contribution in [0.4, 0.5) is 4.79 Å². The Bertz CT molecular complexity index is 723. The lowest BCUT2D eigenvalue weighted by molar-refractivity contribution is -0.130. The Hall–Kier alpha value is -2.81. The van der Waals surface area contributed by atoms with E-state index in [0.29, 0.717) is 12.8 Å². The van der Waals surface area contributed by atoms with Crippen molar-refractivity contribution in [3.05, 3.63) is 28.8 Å². The Labute approximate surface area is 170 Å². The summed E-state index contributed by atoms with van der Waals surface area (Å²) in [7, 11) is 0. The molecule has 160 valence electrons. The van der Waals surface area contributed by atoms with Crippen molar-refractivity contribution in [3.63, 3.8) is 0 Å². The predicted octanol–water partition coefficient (Wildman–Crippen LogP) is 0.910. The van der Waals surface area contributed by atoms with Crippen molar-refractivity contribution in [1.82, 2.24) is 21.3 Å². The fraction of sp³-hybridized carbons (Fsp3) is 0.550. The highest BCUT2D eigenvalue weighted by Crippen LogP contribution is 2.22. The molecule has 1 heterocycles. The van der Waals surface area contributed by atoms with Gasteiger partial charge in [-0.2, -0.15) is 0 Å². The standard InChI is InChI=1S/C20H30N4O5/c1-12-9-14(10-13(2)17(12)25)11-23-18(26)16(6-4-8-22-20(28)29)24-19(27)15-5-3-7-21-15/h9-10,15-16,21-22,25H,3-8,11H2,1-2H3,(H,23,26)(H,24,27)(H,28,29)/t15-,16?/m0/s1. The number of hydrogen-bond donors (Lipinski definition) is 6. The molecule has 0 aliphatic carbocycles. The summed E-state index contributed by atoms with van der Waals surface area (Å²) < 4.78 is 0. The fourth-order valence-electron chi connectivity index (χ4n) is 3.41. The Morgan fingerprint density at radius 3 is 2.48 bits per heavy atom. The van der Waals surface area contributed by atoms with Crippen molar-refractivity contribution in [2.24, 2.45) is 0 Å². The zero-order valence-electron chi connectivity index (χ0n) is 16.9. The van der Waals surface area contributed by atoms with Crippen LogP contribution in [0.2, 0.25) is 0 Å². The van der Waals surface area contributed by atoms with Gasteiger partial charge < -0.3 is 31.5 Å². The number of carboxylic acid groups (broad SMARTS) is 1. The van der Waals surface area contributed by atoms with Gasteiger partial charge in [0.15, 0.2) is 0 Å². The zero-order chi connectivity index (χ0) is 21.4. The summed E-state index contributed by atoms with van der Waals surface area (Å²) in [4.78, 5) is 35.7. The fourth-order valence-corrected chi connectivity index (χ4v) is 3.41. The number of rotatable bonds is 9. The maximum atomic E-state index is 12.7. The van der Waals surface area contributed by atoms with Gasteiger partial charge in [0.25, 0.3) is 0 Å². The third kappa shape index (κ3) is 6.94. The van der Waals surface area contributed by atoms with E-state index in [1.807, 2.05) is 0 Å². The molecule has 2 rings (SSSR count). The molecule has 1 saturated heterocycles. The molecular weight excluding hydrogens is 376 g/mol. The molecule has 0 spiro atoms. The summed E-state index contributed by atoms with van der Waals surface area (Å²) in [6.45, 7) is 4.83. The van der Waals surface area contributed by atoms with E-state index in [1.165, 1.54) is 0 Å². The molecule has 29 heavy (non-hydrogen) atoms. The summed E-state index contributed by atoms with van der Waals surface area (Å²) in [5, 5.41) is 29.5. The van der Waals surface area contributed by atoms with E-state index in [0.717, 1.165) is 36.1 Å². The van der Waals surface area contributed by atoms with E-state index in [-0.39, 0.29) is 36.7 Å². The second-order valence-electron chi connectivity index (χ2n) is 7.38. The van der Waals surface area contributed by atoms with Crippen molar-refractivity contribution in [2.75, 3.05) is 13.1 Å². The monoisotopic (exact) mass is 406 g/mol. The van der Waals surface area contributed by atoms with Crippen molar-refractivity contribution in [3.8, 4) is 5.75 Å². The van der Waals surface area contributed by atoms with E-state index in [9.17, 15) is 19.5 Å². The van der Waals surface area contributed by atoms with Crippen LogP contribution in [0.15, 0.2) is 12.1 Å². The largest absolute Gasteiger partial charge is 0.507 e. The zero-order valence-corrected chi connectivity index (χ0v) is 16.9. The molecule has 6 N–H and O–H groups in total. The molecule has 0 aromatic heterocycles. The average molecular weight is 406 g/mol. The van der Waals surface area contributed by atoms with E-state index in [4.69, 9.17) is 5.11 Å². The summed E-state index contributed by atoms with van der Waals surface area (Å²) in [5.41, 5.74) is 2.30. The SMILES string of the molecule is Cc1cc(CNC(=O)C(CCCNC(=O)O)NC(=O)[C@@H]2CCCN2)cc(C)c1O. The molecule has 1 unspecified atom stereocenters. The first kappa shape index (κ1) is 22.5. The van der Waals surface area contributed by atoms with Gasteiger partial charge in [0, 0.05) is 13.1 Å². The highest BCUT2D eigenvalue weighted by molar-refractivity contribution is 5.89. The number of aromatic hydroxyl groups is 1. The minimum Gasteiger partial charge on any atom is -0.507 e. The number of amides is 3. The molecule has 0 saturated carbocycles. The minimum atomic E-state index is -1.12. The number of nitrogens with one attached hydrogen (secondary N) is 4. The van der Waals surface area contributed by atoms with Gasteiger partial charge in [0.05, 0.1) is 6.04 Å². The molecule has 1 aromatic carbocycles. The van der Waals surface area contributed by atoms with Crippen LogP contribution in [0.1, 0.15) is 42.4 Å². The molecular formula is C20H30N4O5. The Balaban J connectivity index is 1.96. The first-order chi connectivity index (χ1) is 13.8. The van der Waals surface area contributed by atoms with Gasteiger partial charge in [0.2, 0.25) is 11.8 Å². The number of phenols is 1. The van der Waals surface area contributed by atoms with Gasteiger partial charge in [-0.05, 0) is 62.8 Å². The molecule has 0 bridgehead atoms. The molecule has 3 amide bonds. The quantitative estimate of drug-likeness (QED) is 0.337. The first-order valence-corrected chi connectivity index (χ1v) is 9.85. The van der Waals surface area contributed by atoms with Crippen LogP contribution in [0, 0.1) is 13.8 Å². The van der Waals surface area contributed by atoms with Crippen molar-refractivity contribution < 1.29 is 24.6 Å². The summed E-state index contributed by atoms with van der Waals surface area (Å²) in [6.07, 6.45) is 1.26. The maximum Gasteiger partial charge on any atom is 0.404 e. The number of phenolic OH excluding ortho intramolecular Hbond substituents is 1. The van der Waals surface area contributed by atoms with Crippen LogP contribution in [0.3, 0.4) is 0 Å². The third-order valence-electron chi connectivity index (χ3n) is 4.97. The van der Waals surface area contributed by atoms with Crippen molar-refractivity contribution in [1.29, 1.82) is 0 Å². The van der Waals surface area contributed by atoms with E-state index >= 15 is 0 Å². The number of aryl methyl sites for hydroxylation is 2. The van der Waals surface area contributed by atoms with Crippen LogP contribution in [-0.4, -0.2) is 53.3 Å². The van der Waals surface area contributed by atoms with Crippen LogP contribution in [-0.2, 0) is 16.1 Å². The van der Waals surface area contributed by atoms with Crippen LogP contribution >= 0.6 is 0 Å². The van der Waals surface area contributed by atoms with Gasteiger partial charge in [-0.3, -0.25) is 9.59 Å². The Kier molecular flexibility index (Phi) is 8.26. The second-order valence-corrected chi connectivity index (χ2v) is 7.38. The topological polar surface area (TPSA) is 140 Å². The van der Waals surface area contributed by atoms with Crippen LogP contribution in [0.5, 0.6) is 5.75 Å². The van der Waals surface area contributed by atoms with Gasteiger partial charge >= 0.3 is 6.09 Å². The maximum absolute atomic E-state index is 12.7. The molecule has 1 aliphatic rings. The molecule has 9 nitrogen and oxygen atoms in total. The van der Waals surface area contributed by atoms with E-state index in [2.05, 4.69) is 21.3 Å². The lowest BCUT2D eigenvalue weighted by Crippen LogP contribution is -2.51.